The van der Waals surface area contributed by atoms with E-state index in [2.05, 4.69) is 45.2 Å². The molecule has 0 radical (unpaired) electrons. The summed E-state index contributed by atoms with van der Waals surface area (Å²) in [6.45, 7) is 8.39. The summed E-state index contributed by atoms with van der Waals surface area (Å²) in [5, 5.41) is 21.7. The van der Waals surface area contributed by atoms with Crippen molar-refractivity contribution in [3.05, 3.63) is 42.0 Å². The number of allylic oxidation sites excluding steroid dienone is 2. The molecule has 1 rings (SSSR count). The first-order chi connectivity index (χ1) is 14.7. The Morgan fingerprint density at radius 3 is 2.26 bits per heavy atom. The first kappa shape index (κ1) is 26.7. The number of benzene rings is 1. The molecular weight excluding hydrogens is 394 g/mol. The molecule has 1 aromatic carbocycles. The van der Waals surface area contributed by atoms with Gasteiger partial charge in [0.25, 0.3) is 0 Å². The summed E-state index contributed by atoms with van der Waals surface area (Å²) in [6, 6.07) is 5.73. The number of ether oxygens (including phenoxy) is 1. The molecule has 1 aromatic rings. The fourth-order valence-corrected chi connectivity index (χ4v) is 3.59. The number of aliphatic hydroxyl groups excluding tert-OH is 1. The smallest absolute Gasteiger partial charge is 0.328 e. The van der Waals surface area contributed by atoms with Crippen LogP contribution in [0, 0.1) is 23.7 Å². The third kappa shape index (κ3) is 10.0. The van der Waals surface area contributed by atoms with Gasteiger partial charge in [-0.15, -0.1) is 0 Å². The second-order valence-electron chi connectivity index (χ2n) is 8.85. The van der Waals surface area contributed by atoms with Crippen LogP contribution in [0.3, 0.4) is 0 Å². The standard InChI is InChI=1S/C25H39NO5/c1-17(2)8-11-20(7-6-14-27)22(15-18(3)4)24(29)26-23(25(30)31-5)16-19-9-12-21(28)13-10-19/h8-13,17-18,20,22-23,27-28H,6-7,14-16H2,1-5H3,(H,26,29)/b11-8+/t20-,22+,23-/m0/s1. The first-order valence-corrected chi connectivity index (χ1v) is 11.1. The van der Waals surface area contributed by atoms with Crippen LogP contribution in [-0.4, -0.2) is 41.8 Å². The van der Waals surface area contributed by atoms with E-state index in [1.54, 1.807) is 24.3 Å². The van der Waals surface area contributed by atoms with Crippen LogP contribution in [0.15, 0.2) is 36.4 Å². The Bertz CT molecular complexity index is 696. The highest BCUT2D eigenvalue weighted by atomic mass is 16.5. The molecule has 174 valence electrons. The molecule has 0 spiro atoms. The van der Waals surface area contributed by atoms with Gasteiger partial charge in [0.2, 0.25) is 5.91 Å². The topological polar surface area (TPSA) is 95.9 Å². The van der Waals surface area contributed by atoms with Gasteiger partial charge in [0.05, 0.1) is 7.11 Å². The van der Waals surface area contributed by atoms with E-state index in [9.17, 15) is 19.8 Å². The Morgan fingerprint density at radius 1 is 1.10 bits per heavy atom. The predicted molar refractivity (Wildman–Crippen MR) is 122 cm³/mol. The number of rotatable bonds is 13. The van der Waals surface area contributed by atoms with Crippen LogP contribution in [0.5, 0.6) is 5.75 Å². The zero-order chi connectivity index (χ0) is 23.4. The van der Waals surface area contributed by atoms with Crippen molar-refractivity contribution in [1.29, 1.82) is 0 Å². The van der Waals surface area contributed by atoms with Gasteiger partial charge in [-0.05, 0) is 54.7 Å². The van der Waals surface area contributed by atoms with Crippen molar-refractivity contribution in [3.63, 3.8) is 0 Å². The maximum atomic E-state index is 13.3. The fraction of sp³-hybridized carbons (Fsp3) is 0.600. The average Bonchev–Trinajstić information content (AvgIpc) is 2.72. The van der Waals surface area contributed by atoms with E-state index < -0.39 is 12.0 Å². The summed E-state index contributed by atoms with van der Waals surface area (Å²) in [5.74, 6) is -0.223. The lowest BCUT2D eigenvalue weighted by Crippen LogP contribution is -2.47. The minimum atomic E-state index is -0.815. The molecule has 6 heteroatoms. The molecule has 0 unspecified atom stereocenters. The van der Waals surface area contributed by atoms with Crippen LogP contribution in [-0.2, 0) is 20.7 Å². The van der Waals surface area contributed by atoms with Crippen LogP contribution < -0.4 is 5.32 Å². The van der Waals surface area contributed by atoms with E-state index in [1.807, 2.05) is 0 Å². The minimum absolute atomic E-state index is 0.0241. The van der Waals surface area contributed by atoms with Crippen LogP contribution in [0.4, 0.5) is 0 Å². The number of esters is 1. The van der Waals surface area contributed by atoms with E-state index in [0.717, 1.165) is 5.56 Å². The van der Waals surface area contributed by atoms with Gasteiger partial charge < -0.3 is 20.3 Å². The number of aliphatic hydroxyl groups is 1. The summed E-state index contributed by atoms with van der Waals surface area (Å²) >= 11 is 0. The van der Waals surface area contributed by atoms with Gasteiger partial charge in [-0.1, -0.05) is 52.0 Å². The van der Waals surface area contributed by atoms with E-state index >= 15 is 0 Å². The summed E-state index contributed by atoms with van der Waals surface area (Å²) < 4.78 is 4.92. The predicted octanol–water partition coefficient (Wildman–Crippen LogP) is 3.86. The van der Waals surface area contributed by atoms with Crippen LogP contribution in [0.25, 0.3) is 0 Å². The van der Waals surface area contributed by atoms with Crippen molar-refractivity contribution >= 4 is 11.9 Å². The highest BCUT2D eigenvalue weighted by Gasteiger charge is 2.31. The molecule has 0 aliphatic rings. The number of amides is 1. The third-order valence-electron chi connectivity index (χ3n) is 5.20. The molecule has 1 amide bonds. The number of hydrogen-bond donors (Lipinski definition) is 3. The molecule has 0 saturated carbocycles. The van der Waals surface area contributed by atoms with E-state index in [-0.39, 0.29) is 36.5 Å². The third-order valence-corrected chi connectivity index (χ3v) is 5.20. The molecule has 0 bridgehead atoms. The Kier molecular flexibility index (Phi) is 11.9. The van der Waals surface area contributed by atoms with E-state index in [0.29, 0.717) is 31.1 Å². The van der Waals surface area contributed by atoms with Crippen molar-refractivity contribution in [2.45, 2.75) is 59.4 Å². The molecule has 3 N–H and O–H groups in total. The first-order valence-electron chi connectivity index (χ1n) is 11.1. The van der Waals surface area contributed by atoms with Gasteiger partial charge in [-0.3, -0.25) is 4.79 Å². The van der Waals surface area contributed by atoms with Crippen molar-refractivity contribution in [1.82, 2.24) is 5.32 Å². The number of phenolic OH excluding ortho intramolecular Hbond substituents is 1. The van der Waals surface area contributed by atoms with Crippen molar-refractivity contribution < 1.29 is 24.5 Å². The summed E-state index contributed by atoms with van der Waals surface area (Å²) in [6.07, 6.45) is 6.44. The fourth-order valence-electron chi connectivity index (χ4n) is 3.59. The van der Waals surface area contributed by atoms with Crippen LogP contribution >= 0.6 is 0 Å². The van der Waals surface area contributed by atoms with Crippen LogP contribution in [0.1, 0.15) is 52.5 Å². The number of phenols is 1. The Balaban J connectivity index is 3.09. The largest absolute Gasteiger partial charge is 0.508 e. The second kappa shape index (κ2) is 13.9. The zero-order valence-electron chi connectivity index (χ0n) is 19.5. The van der Waals surface area contributed by atoms with Crippen molar-refractivity contribution in [2.24, 2.45) is 23.7 Å². The highest BCUT2D eigenvalue weighted by molar-refractivity contribution is 5.86. The summed E-state index contributed by atoms with van der Waals surface area (Å²) in [5.41, 5.74) is 0.811. The van der Waals surface area contributed by atoms with Gasteiger partial charge in [0, 0.05) is 18.9 Å². The molecule has 0 aromatic heterocycles. The Labute approximate surface area is 186 Å². The molecule has 0 heterocycles. The van der Waals surface area contributed by atoms with Crippen molar-refractivity contribution in [2.75, 3.05) is 13.7 Å². The van der Waals surface area contributed by atoms with Crippen LogP contribution in [0.2, 0.25) is 0 Å². The monoisotopic (exact) mass is 433 g/mol. The lowest BCUT2D eigenvalue weighted by atomic mass is 9.81. The molecule has 0 saturated heterocycles. The number of hydrogen-bond acceptors (Lipinski definition) is 5. The van der Waals surface area contributed by atoms with Gasteiger partial charge in [0.15, 0.2) is 0 Å². The number of aromatic hydroxyl groups is 1. The molecule has 0 fully saturated rings. The number of carbonyl (C=O) groups excluding carboxylic acids is 2. The molecular formula is C25H39NO5. The van der Waals surface area contributed by atoms with E-state index in [4.69, 9.17) is 4.74 Å². The molecule has 0 aliphatic heterocycles. The lowest BCUT2D eigenvalue weighted by molar-refractivity contribution is -0.145. The number of carbonyl (C=O) groups is 2. The SMILES string of the molecule is COC(=O)[C@H](Cc1ccc(O)cc1)NC(=O)[C@H](CC(C)C)[C@H](/C=C/C(C)C)CCCO. The van der Waals surface area contributed by atoms with Gasteiger partial charge in [0.1, 0.15) is 11.8 Å². The molecule has 31 heavy (non-hydrogen) atoms. The van der Waals surface area contributed by atoms with E-state index in [1.165, 1.54) is 7.11 Å². The van der Waals surface area contributed by atoms with Crippen molar-refractivity contribution in [3.8, 4) is 5.75 Å². The number of methoxy groups -OCH3 is 1. The lowest BCUT2D eigenvalue weighted by Gasteiger charge is -2.28. The average molecular weight is 434 g/mol. The van der Waals surface area contributed by atoms with Gasteiger partial charge in [-0.25, -0.2) is 4.79 Å². The van der Waals surface area contributed by atoms with Gasteiger partial charge in [-0.2, -0.15) is 0 Å². The molecule has 0 aliphatic carbocycles. The normalized spacial score (nSPS) is 14.6. The quantitative estimate of drug-likeness (QED) is 0.324. The Morgan fingerprint density at radius 2 is 1.74 bits per heavy atom. The molecule has 3 atom stereocenters. The Hall–Kier alpha value is -2.34. The maximum absolute atomic E-state index is 13.3. The summed E-state index contributed by atoms with van der Waals surface area (Å²) in [4.78, 5) is 25.7. The highest BCUT2D eigenvalue weighted by Crippen LogP contribution is 2.27. The second-order valence-corrected chi connectivity index (χ2v) is 8.85. The maximum Gasteiger partial charge on any atom is 0.328 e. The zero-order valence-corrected chi connectivity index (χ0v) is 19.5. The number of nitrogens with one attached hydrogen (secondary N) is 1. The summed E-state index contributed by atoms with van der Waals surface area (Å²) in [7, 11) is 1.30. The molecule has 6 nitrogen and oxygen atoms in total. The minimum Gasteiger partial charge on any atom is -0.508 e. The van der Waals surface area contributed by atoms with Gasteiger partial charge >= 0.3 is 5.97 Å².